The number of benzene rings is 1. The number of hydrogen-bond acceptors (Lipinski definition) is 4. The summed E-state index contributed by atoms with van der Waals surface area (Å²) in [5, 5.41) is 18.9. The predicted octanol–water partition coefficient (Wildman–Crippen LogP) is 1.86. The zero-order chi connectivity index (χ0) is 10.3. The van der Waals surface area contributed by atoms with Crippen molar-refractivity contribution in [1.29, 1.82) is 0 Å². The Morgan fingerprint density at radius 2 is 1.86 bits per heavy atom. The fourth-order valence-corrected chi connectivity index (χ4v) is 1.31. The van der Waals surface area contributed by atoms with Gasteiger partial charge < -0.3 is 14.6 Å². The van der Waals surface area contributed by atoms with Crippen LogP contribution in [0, 0.1) is 0 Å². The van der Waals surface area contributed by atoms with Crippen molar-refractivity contribution in [3.8, 4) is 11.5 Å². The molecule has 2 N–H and O–H groups in total. The van der Waals surface area contributed by atoms with Gasteiger partial charge in [0.15, 0.2) is 0 Å². The summed E-state index contributed by atoms with van der Waals surface area (Å²) >= 11 is 5.60. The molecule has 0 aliphatic heterocycles. The third-order valence-electron chi connectivity index (χ3n) is 1.79. The largest absolute Gasteiger partial charge is 0.507 e. The molecule has 0 spiro atoms. The summed E-state index contributed by atoms with van der Waals surface area (Å²) in [5.41, 5.74) is -0.533. The summed E-state index contributed by atoms with van der Waals surface area (Å²) < 4.78 is 4.77. The normalized spacial score (nSPS) is 10.6. The third kappa shape index (κ3) is 1.29. The molecule has 0 unspecified atom stereocenters. The van der Waals surface area contributed by atoms with E-state index in [1.165, 1.54) is 12.1 Å². The number of fused-ring (bicyclic) bond motifs is 1. The maximum absolute atomic E-state index is 10.9. The van der Waals surface area contributed by atoms with Gasteiger partial charge in [0.2, 0.25) is 0 Å². The molecule has 1 heterocycles. The molecule has 5 heteroatoms. The molecule has 72 valence electrons. The monoisotopic (exact) mass is 212 g/mol. The van der Waals surface area contributed by atoms with Gasteiger partial charge in [0.05, 0.1) is 16.5 Å². The maximum atomic E-state index is 10.9. The zero-order valence-corrected chi connectivity index (χ0v) is 7.58. The van der Waals surface area contributed by atoms with E-state index in [9.17, 15) is 15.0 Å². The van der Waals surface area contributed by atoms with E-state index >= 15 is 0 Å². The fourth-order valence-electron chi connectivity index (χ4n) is 1.16. The fraction of sp³-hybridized carbons (Fsp3) is 0. The van der Waals surface area contributed by atoms with Crippen LogP contribution in [0.1, 0.15) is 0 Å². The molecular formula is C9H5ClO4. The molecule has 2 rings (SSSR count). The highest BCUT2D eigenvalue weighted by Gasteiger charge is 2.08. The lowest BCUT2D eigenvalue weighted by Crippen LogP contribution is -1.95. The molecule has 0 bridgehead atoms. The van der Waals surface area contributed by atoms with E-state index in [2.05, 4.69) is 0 Å². The van der Waals surface area contributed by atoms with E-state index < -0.39 is 5.63 Å². The Balaban J connectivity index is 2.96. The topological polar surface area (TPSA) is 70.7 Å². The van der Waals surface area contributed by atoms with Crippen LogP contribution in [0.25, 0.3) is 11.0 Å². The quantitative estimate of drug-likeness (QED) is 0.654. The van der Waals surface area contributed by atoms with Gasteiger partial charge in [0.1, 0.15) is 17.1 Å². The van der Waals surface area contributed by atoms with Crippen molar-refractivity contribution < 1.29 is 14.6 Å². The van der Waals surface area contributed by atoms with Crippen LogP contribution in [0.15, 0.2) is 27.4 Å². The lowest BCUT2D eigenvalue weighted by atomic mass is 10.2. The van der Waals surface area contributed by atoms with Crippen LogP contribution in [0.2, 0.25) is 5.02 Å². The van der Waals surface area contributed by atoms with Crippen molar-refractivity contribution in [1.82, 2.24) is 0 Å². The van der Waals surface area contributed by atoms with Crippen molar-refractivity contribution in [2.24, 2.45) is 0 Å². The molecular weight excluding hydrogens is 208 g/mol. The maximum Gasteiger partial charge on any atom is 0.339 e. The number of hydrogen-bond donors (Lipinski definition) is 2. The highest BCUT2D eigenvalue weighted by molar-refractivity contribution is 6.32. The van der Waals surface area contributed by atoms with Crippen LogP contribution in [0.5, 0.6) is 11.5 Å². The average molecular weight is 213 g/mol. The first kappa shape index (κ1) is 8.90. The molecule has 0 aliphatic rings. The minimum absolute atomic E-state index is 0.0613. The molecule has 4 nitrogen and oxygen atoms in total. The van der Waals surface area contributed by atoms with Gasteiger partial charge in [-0.05, 0) is 6.07 Å². The minimum atomic E-state index is -0.670. The van der Waals surface area contributed by atoms with Crippen molar-refractivity contribution in [2.45, 2.75) is 0 Å². The summed E-state index contributed by atoms with van der Waals surface area (Å²) in [4.78, 5) is 10.9. The second kappa shape index (κ2) is 2.92. The van der Waals surface area contributed by atoms with Crippen LogP contribution < -0.4 is 5.63 Å². The molecule has 14 heavy (non-hydrogen) atoms. The standard InChI is InChI=1S/C9H5ClO4/c10-5-2-8-4(1-7(5)12)6(11)3-9(13)14-8/h1-3,11-12H. The van der Waals surface area contributed by atoms with Gasteiger partial charge in [0.25, 0.3) is 0 Å². The van der Waals surface area contributed by atoms with Crippen LogP contribution >= 0.6 is 11.6 Å². The molecule has 0 atom stereocenters. The minimum Gasteiger partial charge on any atom is -0.507 e. The second-order valence-electron chi connectivity index (χ2n) is 2.75. The smallest absolute Gasteiger partial charge is 0.339 e. The third-order valence-corrected chi connectivity index (χ3v) is 2.09. The van der Waals surface area contributed by atoms with Gasteiger partial charge in [-0.15, -0.1) is 0 Å². The van der Waals surface area contributed by atoms with Crippen LogP contribution in [0.3, 0.4) is 0 Å². The average Bonchev–Trinajstić information content (AvgIpc) is 2.08. The second-order valence-corrected chi connectivity index (χ2v) is 3.16. The molecule has 0 amide bonds. The van der Waals surface area contributed by atoms with Crippen molar-refractivity contribution >= 4 is 22.6 Å². The van der Waals surface area contributed by atoms with E-state index in [1.54, 1.807) is 0 Å². The van der Waals surface area contributed by atoms with E-state index in [4.69, 9.17) is 16.0 Å². The highest BCUT2D eigenvalue weighted by Crippen LogP contribution is 2.32. The predicted molar refractivity (Wildman–Crippen MR) is 50.8 cm³/mol. The number of rotatable bonds is 0. The number of aromatic hydroxyl groups is 2. The first-order chi connectivity index (χ1) is 6.58. The van der Waals surface area contributed by atoms with Crippen LogP contribution in [-0.2, 0) is 0 Å². The van der Waals surface area contributed by atoms with Gasteiger partial charge in [-0.25, -0.2) is 4.79 Å². The molecule has 2 aromatic rings. The SMILES string of the molecule is O=c1cc(O)c2cc(O)c(Cl)cc2o1. The Morgan fingerprint density at radius 1 is 1.14 bits per heavy atom. The van der Waals surface area contributed by atoms with Gasteiger partial charge in [-0.1, -0.05) is 11.6 Å². The number of phenols is 1. The molecule has 0 saturated carbocycles. The first-order valence-corrected chi connectivity index (χ1v) is 4.11. The van der Waals surface area contributed by atoms with E-state index in [1.807, 2.05) is 0 Å². The Bertz CT molecular complexity index is 558. The first-order valence-electron chi connectivity index (χ1n) is 3.73. The van der Waals surface area contributed by atoms with Crippen LogP contribution in [-0.4, -0.2) is 10.2 Å². The lowest BCUT2D eigenvalue weighted by molar-refractivity contribution is 0.462. The lowest BCUT2D eigenvalue weighted by Gasteiger charge is -2.01. The summed E-state index contributed by atoms with van der Waals surface area (Å²) in [6.07, 6.45) is 0. The molecule has 0 radical (unpaired) electrons. The van der Waals surface area contributed by atoms with Gasteiger partial charge in [-0.3, -0.25) is 0 Å². The van der Waals surface area contributed by atoms with Gasteiger partial charge >= 0.3 is 5.63 Å². The van der Waals surface area contributed by atoms with Crippen molar-refractivity contribution in [2.75, 3.05) is 0 Å². The van der Waals surface area contributed by atoms with E-state index in [-0.39, 0.29) is 27.5 Å². The Hall–Kier alpha value is -1.68. The van der Waals surface area contributed by atoms with E-state index in [0.29, 0.717) is 0 Å². The molecule has 0 aliphatic carbocycles. The summed E-state index contributed by atoms with van der Waals surface area (Å²) in [6.45, 7) is 0. The Morgan fingerprint density at radius 3 is 2.57 bits per heavy atom. The Kier molecular flexibility index (Phi) is 1.86. The Labute approximate surface area is 83.0 Å². The van der Waals surface area contributed by atoms with Crippen molar-refractivity contribution in [3.63, 3.8) is 0 Å². The zero-order valence-electron chi connectivity index (χ0n) is 6.82. The van der Waals surface area contributed by atoms with Gasteiger partial charge in [0, 0.05) is 6.07 Å². The number of phenolic OH excluding ortho intramolecular Hbond substituents is 1. The molecule has 0 saturated heterocycles. The van der Waals surface area contributed by atoms with E-state index in [0.717, 1.165) is 6.07 Å². The molecule has 0 fully saturated rings. The highest BCUT2D eigenvalue weighted by atomic mass is 35.5. The summed E-state index contributed by atoms with van der Waals surface area (Å²) in [7, 11) is 0. The molecule has 1 aromatic heterocycles. The van der Waals surface area contributed by atoms with Crippen LogP contribution in [0.4, 0.5) is 0 Å². The van der Waals surface area contributed by atoms with Crippen molar-refractivity contribution in [3.05, 3.63) is 33.6 Å². The summed E-state index contributed by atoms with van der Waals surface area (Å²) in [5.74, 6) is -0.425. The number of halogens is 1. The summed E-state index contributed by atoms with van der Waals surface area (Å²) in [6, 6.07) is 3.43. The van der Waals surface area contributed by atoms with Gasteiger partial charge in [-0.2, -0.15) is 0 Å². The molecule has 1 aromatic carbocycles.